The summed E-state index contributed by atoms with van der Waals surface area (Å²) in [7, 11) is 0. The van der Waals surface area contributed by atoms with Crippen molar-refractivity contribution in [3.8, 4) is 46.0 Å². The number of rotatable bonds is 24. The molecule has 0 aliphatic heterocycles. The standard InChI is InChI=1S/C73H84O8/c1-13-17-49-45-57(69(5,6)53-21-33-61(74)34-22-53)29-41-65(49)78-73(79-66-42-30-58(46-50(66)18-14-2)70(7,8)54-23-35-62(75)36-24-54,80-67-43-31-59(47-51(67)19-15-3)71(9,10)55-25-37-63(76)38-26-55)81-68-44-32-60(48-52(68)20-16-4)72(11,12)56-27-39-64(77)40-28-56/h21-48,74-77H,13-20H2,1-12H3. The minimum absolute atomic E-state index is 0.217. The molecule has 8 rings (SSSR count). The van der Waals surface area contributed by atoms with Gasteiger partial charge in [0.15, 0.2) is 0 Å². The Morgan fingerprint density at radius 1 is 0.259 bits per heavy atom. The second-order valence-corrected chi connectivity index (χ2v) is 23.9. The normalized spacial score (nSPS) is 12.3. The van der Waals surface area contributed by atoms with Gasteiger partial charge in [-0.1, -0.05) is 206 Å². The molecule has 0 atom stereocenters. The predicted octanol–water partition coefficient (Wildman–Crippen LogP) is 17.8. The third-order valence-electron chi connectivity index (χ3n) is 16.5. The minimum atomic E-state index is -2.29. The molecule has 0 aromatic heterocycles. The fourth-order valence-corrected chi connectivity index (χ4v) is 11.0. The van der Waals surface area contributed by atoms with Crippen LogP contribution in [0.25, 0.3) is 0 Å². The van der Waals surface area contributed by atoms with Gasteiger partial charge in [-0.05, 0) is 165 Å². The van der Waals surface area contributed by atoms with Gasteiger partial charge in [-0.3, -0.25) is 0 Å². The van der Waals surface area contributed by atoms with Crippen LogP contribution in [0.1, 0.15) is 176 Å². The maximum atomic E-state index is 10.2. The molecule has 8 aromatic carbocycles. The number of hydrogen-bond donors (Lipinski definition) is 4. The number of phenolic OH excluding ortho intramolecular Hbond substituents is 4. The van der Waals surface area contributed by atoms with Crippen molar-refractivity contribution < 1.29 is 39.4 Å². The Hall–Kier alpha value is -7.84. The number of ether oxygens (including phenoxy) is 4. The van der Waals surface area contributed by atoms with Crippen molar-refractivity contribution in [3.05, 3.63) is 237 Å². The van der Waals surface area contributed by atoms with E-state index >= 15 is 0 Å². The summed E-state index contributed by atoms with van der Waals surface area (Å²) in [5.41, 5.74) is 10.6. The topological polar surface area (TPSA) is 118 Å². The van der Waals surface area contributed by atoms with Crippen LogP contribution >= 0.6 is 0 Å². The van der Waals surface area contributed by atoms with Gasteiger partial charge < -0.3 is 39.4 Å². The van der Waals surface area contributed by atoms with E-state index in [0.29, 0.717) is 48.7 Å². The quantitative estimate of drug-likeness (QED) is 0.0442. The third kappa shape index (κ3) is 13.2. The maximum Gasteiger partial charge on any atom is 0.611 e. The number of phenols is 4. The van der Waals surface area contributed by atoms with Crippen molar-refractivity contribution in [3.63, 3.8) is 0 Å². The first-order valence-electron chi connectivity index (χ1n) is 29.0. The first-order chi connectivity index (χ1) is 38.5. The average Bonchev–Trinajstić information content (AvgIpc) is 3.54. The van der Waals surface area contributed by atoms with Gasteiger partial charge in [-0.25, -0.2) is 0 Å². The average molecular weight is 1090 g/mol. The molecule has 0 saturated carbocycles. The molecule has 0 aliphatic carbocycles. The van der Waals surface area contributed by atoms with Crippen LogP contribution in [0.4, 0.5) is 0 Å². The van der Waals surface area contributed by atoms with Crippen molar-refractivity contribution >= 4 is 0 Å². The molecule has 4 N–H and O–H groups in total. The van der Waals surface area contributed by atoms with Crippen LogP contribution in [0, 0.1) is 0 Å². The lowest BCUT2D eigenvalue weighted by Crippen LogP contribution is -2.54. The zero-order valence-electron chi connectivity index (χ0n) is 49.7. The van der Waals surface area contributed by atoms with Gasteiger partial charge in [0.2, 0.25) is 0 Å². The fraction of sp³-hybridized carbons (Fsp3) is 0.342. The van der Waals surface area contributed by atoms with E-state index in [0.717, 1.165) is 92.4 Å². The van der Waals surface area contributed by atoms with Crippen LogP contribution in [0.15, 0.2) is 170 Å². The van der Waals surface area contributed by atoms with Crippen LogP contribution in [-0.4, -0.2) is 26.6 Å². The molecule has 424 valence electrons. The van der Waals surface area contributed by atoms with E-state index in [9.17, 15) is 20.4 Å². The van der Waals surface area contributed by atoms with E-state index in [1.807, 2.05) is 72.8 Å². The van der Waals surface area contributed by atoms with Gasteiger partial charge in [0.1, 0.15) is 46.0 Å². The summed E-state index contributed by atoms with van der Waals surface area (Å²) in [6, 6.07) is 54.9. The highest BCUT2D eigenvalue weighted by molar-refractivity contribution is 5.51. The molecular weight excluding hydrogens is 1000 g/mol. The van der Waals surface area contributed by atoms with Gasteiger partial charge >= 0.3 is 6.16 Å². The van der Waals surface area contributed by atoms with Crippen LogP contribution in [-0.2, 0) is 47.3 Å². The van der Waals surface area contributed by atoms with E-state index in [1.165, 1.54) is 0 Å². The molecule has 0 bridgehead atoms. The molecule has 8 nitrogen and oxygen atoms in total. The second-order valence-electron chi connectivity index (χ2n) is 23.9. The van der Waals surface area contributed by atoms with E-state index in [-0.39, 0.29) is 23.0 Å². The molecule has 0 heterocycles. The Balaban J connectivity index is 1.37. The van der Waals surface area contributed by atoms with Gasteiger partial charge in [0, 0.05) is 21.7 Å². The van der Waals surface area contributed by atoms with E-state index in [4.69, 9.17) is 18.9 Å². The molecule has 0 saturated heterocycles. The first kappa shape index (κ1) is 59.3. The van der Waals surface area contributed by atoms with Crippen molar-refractivity contribution in [1.29, 1.82) is 0 Å². The van der Waals surface area contributed by atoms with Crippen LogP contribution in [0.5, 0.6) is 46.0 Å². The summed E-state index contributed by atoms with van der Waals surface area (Å²) in [4.78, 5) is 0. The lowest BCUT2D eigenvalue weighted by molar-refractivity contribution is -0.368. The van der Waals surface area contributed by atoms with Crippen LogP contribution < -0.4 is 18.9 Å². The highest BCUT2D eigenvalue weighted by Crippen LogP contribution is 2.44. The number of aryl methyl sites for hydroxylation is 4. The number of aromatic hydroxyl groups is 4. The highest BCUT2D eigenvalue weighted by Gasteiger charge is 2.46. The molecule has 0 aliphatic rings. The molecular formula is C73H84O8. The molecule has 0 unspecified atom stereocenters. The molecule has 8 heteroatoms. The Labute approximate surface area is 482 Å². The zero-order chi connectivity index (χ0) is 58.3. The molecule has 0 spiro atoms. The van der Waals surface area contributed by atoms with Crippen molar-refractivity contribution in [2.75, 3.05) is 0 Å². The number of hydrogen-bond acceptors (Lipinski definition) is 8. The lowest BCUT2D eigenvalue weighted by Gasteiger charge is -2.36. The summed E-state index contributed by atoms with van der Waals surface area (Å²) in [5.74, 6) is 3.01. The van der Waals surface area contributed by atoms with Crippen molar-refractivity contribution in [2.24, 2.45) is 0 Å². The largest absolute Gasteiger partial charge is 0.611 e. The summed E-state index contributed by atoms with van der Waals surface area (Å²) in [5, 5.41) is 41.0. The van der Waals surface area contributed by atoms with Gasteiger partial charge in [0.25, 0.3) is 0 Å². The fourth-order valence-electron chi connectivity index (χ4n) is 11.0. The Morgan fingerprint density at radius 2 is 0.432 bits per heavy atom. The summed E-state index contributed by atoms with van der Waals surface area (Å²) < 4.78 is 30.2. The summed E-state index contributed by atoms with van der Waals surface area (Å²) >= 11 is 0. The maximum absolute atomic E-state index is 10.2. The molecule has 0 radical (unpaired) electrons. The Kier molecular flexibility index (Phi) is 17.9. The lowest BCUT2D eigenvalue weighted by atomic mass is 9.77. The first-order valence-corrected chi connectivity index (χ1v) is 29.0. The van der Waals surface area contributed by atoms with Crippen LogP contribution in [0.3, 0.4) is 0 Å². The van der Waals surface area contributed by atoms with E-state index < -0.39 is 27.8 Å². The predicted molar refractivity (Wildman–Crippen MR) is 328 cm³/mol. The van der Waals surface area contributed by atoms with Crippen molar-refractivity contribution in [2.45, 2.75) is 162 Å². The smallest absolute Gasteiger partial charge is 0.508 e. The Morgan fingerprint density at radius 3 is 0.605 bits per heavy atom. The van der Waals surface area contributed by atoms with Gasteiger partial charge in [-0.2, -0.15) is 0 Å². The molecule has 0 amide bonds. The van der Waals surface area contributed by atoms with E-state index in [1.54, 1.807) is 48.5 Å². The molecule has 81 heavy (non-hydrogen) atoms. The number of benzene rings is 8. The second kappa shape index (κ2) is 24.5. The zero-order valence-corrected chi connectivity index (χ0v) is 49.7. The SMILES string of the molecule is CCCc1cc(C(C)(C)c2ccc(O)cc2)ccc1OC(Oc1ccc(C(C)(C)c2ccc(O)cc2)cc1CCC)(Oc1ccc(C(C)(C)c2ccc(O)cc2)cc1CCC)Oc1ccc(C(C)(C)c2ccc(O)cc2)cc1CCC. The van der Waals surface area contributed by atoms with E-state index in [2.05, 4.69) is 132 Å². The summed E-state index contributed by atoms with van der Waals surface area (Å²) in [6.45, 7) is 26.2. The van der Waals surface area contributed by atoms with Gasteiger partial charge in [-0.15, -0.1) is 0 Å². The summed E-state index contributed by atoms with van der Waals surface area (Å²) in [6.07, 6.45) is 3.72. The van der Waals surface area contributed by atoms with Crippen molar-refractivity contribution in [1.82, 2.24) is 0 Å². The molecule has 0 fully saturated rings. The van der Waals surface area contributed by atoms with Crippen LogP contribution in [0.2, 0.25) is 0 Å². The Bertz CT molecular complexity index is 2930. The minimum Gasteiger partial charge on any atom is -0.508 e. The molecule has 8 aromatic rings. The highest BCUT2D eigenvalue weighted by atomic mass is 17.0. The van der Waals surface area contributed by atoms with Gasteiger partial charge in [0.05, 0.1) is 0 Å². The monoisotopic (exact) mass is 1090 g/mol. The third-order valence-corrected chi connectivity index (χ3v) is 16.5.